The topological polar surface area (TPSA) is 117 Å². The highest BCUT2D eigenvalue weighted by molar-refractivity contribution is 6.30. The van der Waals surface area contributed by atoms with Crippen molar-refractivity contribution in [2.24, 2.45) is 0 Å². The number of nitrogens with one attached hydrogen (secondary N) is 2. The van der Waals surface area contributed by atoms with E-state index in [2.05, 4.69) is 50.0 Å². The maximum atomic E-state index is 12.6. The first-order valence-corrected chi connectivity index (χ1v) is 18.9. The third-order valence-corrected chi connectivity index (χ3v) is 10.5. The van der Waals surface area contributed by atoms with Crippen molar-refractivity contribution in [1.82, 2.24) is 44.7 Å². The van der Waals surface area contributed by atoms with Gasteiger partial charge in [-0.25, -0.2) is 19.3 Å². The summed E-state index contributed by atoms with van der Waals surface area (Å²) >= 11 is 6.42. The molecule has 4 saturated heterocycles. The molecule has 14 heteroatoms. The molecule has 2 N–H and O–H groups in total. The molecule has 4 aliphatic rings. The van der Waals surface area contributed by atoms with Gasteiger partial charge in [-0.05, 0) is 113 Å². The molecule has 0 aromatic carbocycles. The Hall–Kier alpha value is -3.19. The average Bonchev–Trinajstić information content (AvgIpc) is 3.65. The number of carbonyl (C=O) groups is 1. The highest BCUT2D eigenvalue weighted by atomic mass is 35.5. The molecule has 4 fully saturated rings. The molecule has 51 heavy (non-hydrogen) atoms. The third kappa shape index (κ3) is 8.89. The number of nitrogens with zero attached hydrogens (tertiary/aromatic N) is 8. The number of rotatable bonds is 3. The molecule has 0 aliphatic carbocycles. The van der Waals surface area contributed by atoms with Gasteiger partial charge >= 0.3 is 6.09 Å². The molecule has 4 aromatic heterocycles. The summed E-state index contributed by atoms with van der Waals surface area (Å²) in [6.07, 6.45) is 9.01. The van der Waals surface area contributed by atoms with Crippen molar-refractivity contribution in [3.63, 3.8) is 0 Å². The number of ether oxygens (including phenoxy) is 1. The van der Waals surface area contributed by atoms with Gasteiger partial charge in [0.2, 0.25) is 0 Å². The molecule has 0 spiro atoms. The van der Waals surface area contributed by atoms with Gasteiger partial charge < -0.3 is 20.3 Å². The van der Waals surface area contributed by atoms with Gasteiger partial charge in [0.15, 0.2) is 11.3 Å². The molecular weight excluding hydrogens is 687 g/mol. The van der Waals surface area contributed by atoms with Crippen molar-refractivity contribution in [2.45, 2.75) is 118 Å². The van der Waals surface area contributed by atoms with E-state index in [1.54, 1.807) is 9.42 Å². The van der Waals surface area contributed by atoms with E-state index in [0.29, 0.717) is 23.4 Å². The second-order valence-electron chi connectivity index (χ2n) is 15.1. The lowest BCUT2D eigenvalue weighted by atomic mass is 10.00. The van der Waals surface area contributed by atoms with Gasteiger partial charge in [0.25, 0.3) is 0 Å². The summed E-state index contributed by atoms with van der Waals surface area (Å²) in [5, 5.41) is 16.8. The van der Waals surface area contributed by atoms with Crippen LogP contribution in [0.25, 0.3) is 11.3 Å². The summed E-state index contributed by atoms with van der Waals surface area (Å²) in [6.45, 7) is 20.3. The monoisotopic (exact) mass is 742 g/mol. The average molecular weight is 744 g/mol. The minimum Gasteiger partial charge on any atom is -0.444 e. The number of hydrogen-bond acceptors (Lipinski definition) is 9. The SMILES string of the molecule is C1CNC1.Cc1nc2cc([C@@H]3CCCCN3)nn2c(N2CCC2)c1C.Cc1nc2cc([C@@H]3CCCCN3C(=O)OC(C)(C)C)nn2c(Cl)c1C.Cl. The van der Waals surface area contributed by atoms with E-state index in [4.69, 9.17) is 26.4 Å². The van der Waals surface area contributed by atoms with Crippen LogP contribution in [0.3, 0.4) is 0 Å². The first-order chi connectivity index (χ1) is 23.9. The number of aryl methyl sites for hydroxylation is 2. The first kappa shape index (κ1) is 39.0. The van der Waals surface area contributed by atoms with Crippen molar-refractivity contribution in [3.05, 3.63) is 51.2 Å². The molecule has 12 nitrogen and oxygen atoms in total. The number of carbonyl (C=O) groups excluding carboxylic acids is 1. The Labute approximate surface area is 313 Å². The lowest BCUT2D eigenvalue weighted by molar-refractivity contribution is 0.00897. The number of halogens is 2. The largest absolute Gasteiger partial charge is 0.444 e. The number of anilines is 1. The molecular formula is C37H56Cl2N10O2. The van der Waals surface area contributed by atoms with Crippen LogP contribution < -0.4 is 15.5 Å². The minimum atomic E-state index is -0.517. The van der Waals surface area contributed by atoms with Crippen LogP contribution in [0.2, 0.25) is 5.15 Å². The summed E-state index contributed by atoms with van der Waals surface area (Å²) in [5.74, 6) is 1.24. The quantitative estimate of drug-likeness (QED) is 0.210. The Morgan fingerprint density at radius 1 is 0.804 bits per heavy atom. The van der Waals surface area contributed by atoms with Crippen molar-refractivity contribution in [3.8, 4) is 0 Å². The predicted octanol–water partition coefficient (Wildman–Crippen LogP) is 7.23. The number of likely N-dealkylation sites (tertiary alicyclic amines) is 1. The summed E-state index contributed by atoms with van der Waals surface area (Å²) < 4.78 is 9.29. The Morgan fingerprint density at radius 3 is 2.00 bits per heavy atom. The predicted molar refractivity (Wildman–Crippen MR) is 206 cm³/mol. The molecule has 280 valence electrons. The second-order valence-corrected chi connectivity index (χ2v) is 15.4. The van der Waals surface area contributed by atoms with Crippen LogP contribution in [0.1, 0.15) is 118 Å². The van der Waals surface area contributed by atoms with Gasteiger partial charge in [-0.1, -0.05) is 18.0 Å². The molecule has 0 bridgehead atoms. The Bertz CT molecular complexity index is 1800. The zero-order chi connectivity index (χ0) is 35.6. The third-order valence-electron chi connectivity index (χ3n) is 10.1. The van der Waals surface area contributed by atoms with Gasteiger partial charge in [-0.2, -0.15) is 14.7 Å². The Kier molecular flexibility index (Phi) is 12.7. The van der Waals surface area contributed by atoms with Crippen molar-refractivity contribution < 1.29 is 9.53 Å². The van der Waals surface area contributed by atoms with E-state index in [1.807, 2.05) is 40.7 Å². The number of piperidine rings is 2. The molecule has 4 aromatic rings. The van der Waals surface area contributed by atoms with Crippen molar-refractivity contribution in [1.29, 1.82) is 0 Å². The number of aromatic nitrogens is 6. The Morgan fingerprint density at radius 2 is 1.41 bits per heavy atom. The fourth-order valence-corrected chi connectivity index (χ4v) is 6.93. The second kappa shape index (κ2) is 16.7. The van der Waals surface area contributed by atoms with Gasteiger partial charge in [-0.15, -0.1) is 12.4 Å². The smallest absolute Gasteiger partial charge is 0.410 e. The van der Waals surface area contributed by atoms with Crippen LogP contribution in [0.5, 0.6) is 0 Å². The number of fused-ring (bicyclic) bond motifs is 2. The molecule has 1 amide bonds. The number of amides is 1. The van der Waals surface area contributed by atoms with E-state index in [9.17, 15) is 4.79 Å². The molecule has 2 atom stereocenters. The van der Waals surface area contributed by atoms with Gasteiger partial charge in [0, 0.05) is 54.3 Å². The normalized spacial score (nSPS) is 20.3. The number of hydrogen-bond donors (Lipinski definition) is 2. The van der Waals surface area contributed by atoms with E-state index < -0.39 is 5.60 Å². The van der Waals surface area contributed by atoms with Crippen LogP contribution >= 0.6 is 24.0 Å². The molecule has 4 aliphatic heterocycles. The standard InChI is InChI=1S/C18H25ClN4O2.C16H23N5.C3H7N.ClH/c1-11-12(2)20-15-10-13(21-23(15)16(11)19)14-8-6-7-9-22(14)17(24)25-18(3,4)5;1-11-12(2)18-15-10-14(13-6-3-4-7-17-13)19-21(15)16(11)20-8-5-9-20;1-2-4-3-1;/h10,14H,6-9H2,1-5H3;10,13,17H,3-9H2,1-2H3;4H,1-3H2;1H/t14-;13-;;/m00../s1. The summed E-state index contributed by atoms with van der Waals surface area (Å²) in [4.78, 5) is 26.1. The minimum absolute atomic E-state index is 0. The van der Waals surface area contributed by atoms with E-state index >= 15 is 0 Å². The van der Waals surface area contributed by atoms with Crippen LogP contribution in [0, 0.1) is 27.7 Å². The van der Waals surface area contributed by atoms with Crippen LogP contribution in [-0.2, 0) is 4.74 Å². The highest BCUT2D eigenvalue weighted by Crippen LogP contribution is 2.33. The van der Waals surface area contributed by atoms with Gasteiger partial charge in [-0.3, -0.25) is 4.90 Å². The zero-order valence-electron chi connectivity index (χ0n) is 31.4. The maximum Gasteiger partial charge on any atom is 0.410 e. The maximum absolute atomic E-state index is 12.6. The Balaban J connectivity index is 0.000000176. The molecule has 0 unspecified atom stereocenters. The van der Waals surface area contributed by atoms with Gasteiger partial charge in [0.05, 0.1) is 23.5 Å². The highest BCUT2D eigenvalue weighted by Gasteiger charge is 2.33. The van der Waals surface area contributed by atoms with Crippen LogP contribution in [-0.4, -0.2) is 85.1 Å². The van der Waals surface area contributed by atoms with E-state index in [1.165, 1.54) is 56.6 Å². The first-order valence-electron chi connectivity index (χ1n) is 18.5. The molecule has 0 radical (unpaired) electrons. The van der Waals surface area contributed by atoms with E-state index in [0.717, 1.165) is 72.9 Å². The fourth-order valence-electron chi connectivity index (χ4n) is 6.67. The summed E-state index contributed by atoms with van der Waals surface area (Å²) in [5.41, 5.74) is 7.31. The summed E-state index contributed by atoms with van der Waals surface area (Å²) in [7, 11) is 0. The fraction of sp³-hybridized carbons (Fsp3) is 0.649. The van der Waals surface area contributed by atoms with Crippen LogP contribution in [0.15, 0.2) is 12.1 Å². The van der Waals surface area contributed by atoms with Gasteiger partial charge in [0.1, 0.15) is 16.6 Å². The molecule has 8 rings (SSSR count). The molecule has 0 saturated carbocycles. The molecule has 8 heterocycles. The van der Waals surface area contributed by atoms with Crippen molar-refractivity contribution in [2.75, 3.05) is 44.2 Å². The lowest BCUT2D eigenvalue weighted by Crippen LogP contribution is -2.42. The zero-order valence-corrected chi connectivity index (χ0v) is 33.0. The lowest BCUT2D eigenvalue weighted by Gasteiger charge is -2.35. The van der Waals surface area contributed by atoms with E-state index in [-0.39, 0.29) is 24.5 Å². The summed E-state index contributed by atoms with van der Waals surface area (Å²) in [6, 6.07) is 4.37. The van der Waals surface area contributed by atoms with Crippen molar-refractivity contribution >= 4 is 47.2 Å². The van der Waals surface area contributed by atoms with Crippen LogP contribution in [0.4, 0.5) is 10.6 Å².